The highest BCUT2D eigenvalue weighted by Crippen LogP contribution is 2.30. The van der Waals surface area contributed by atoms with Crippen LogP contribution in [0.1, 0.15) is 0 Å². The van der Waals surface area contributed by atoms with Crippen LogP contribution in [0.25, 0.3) is 0 Å². The van der Waals surface area contributed by atoms with Crippen molar-refractivity contribution in [2.24, 2.45) is 10.2 Å². The molecule has 6 nitrogen and oxygen atoms in total. The Morgan fingerprint density at radius 1 is 1.00 bits per heavy atom. The van der Waals surface area contributed by atoms with Crippen LogP contribution in [0.4, 0.5) is 11.4 Å². The smallest absolute Gasteiger partial charge is 0.294 e. The van der Waals surface area contributed by atoms with E-state index in [4.69, 9.17) is 16.2 Å². The fourth-order valence-electron chi connectivity index (χ4n) is 1.37. The van der Waals surface area contributed by atoms with Crippen molar-refractivity contribution in [2.75, 3.05) is 0 Å². The molecule has 2 rings (SSSR count). The molecular weight excluding hydrogens is 304 g/mol. The van der Waals surface area contributed by atoms with Gasteiger partial charge in [0.1, 0.15) is 11.4 Å². The molecule has 0 radical (unpaired) electrons. The van der Waals surface area contributed by atoms with Crippen LogP contribution in [-0.2, 0) is 10.1 Å². The molecule has 0 aliphatic rings. The van der Waals surface area contributed by atoms with E-state index in [1.807, 2.05) is 0 Å². The first kappa shape index (κ1) is 14.4. The summed E-state index contributed by atoms with van der Waals surface area (Å²) in [5.74, 6) is -0.0762. The summed E-state index contributed by atoms with van der Waals surface area (Å²) in [5, 5.41) is 17.6. The van der Waals surface area contributed by atoms with Crippen LogP contribution in [0.2, 0.25) is 5.02 Å². The summed E-state index contributed by atoms with van der Waals surface area (Å²) in [5.41, 5.74) is 0.549. The average Bonchev–Trinajstić information content (AvgIpc) is 2.39. The topological polar surface area (TPSA) is 99.3 Å². The van der Waals surface area contributed by atoms with Crippen molar-refractivity contribution in [3.8, 4) is 5.75 Å². The molecule has 2 N–H and O–H groups in total. The van der Waals surface area contributed by atoms with E-state index in [0.717, 1.165) is 0 Å². The van der Waals surface area contributed by atoms with Crippen LogP contribution in [0.3, 0.4) is 0 Å². The van der Waals surface area contributed by atoms with Gasteiger partial charge in [0.05, 0.1) is 10.6 Å². The molecule has 0 aliphatic carbocycles. The van der Waals surface area contributed by atoms with Gasteiger partial charge in [-0.3, -0.25) is 4.55 Å². The molecule has 0 aromatic heterocycles. The van der Waals surface area contributed by atoms with Gasteiger partial charge >= 0.3 is 0 Å². The fourth-order valence-corrected chi connectivity index (χ4v) is 2.02. The van der Waals surface area contributed by atoms with Crippen LogP contribution in [0.15, 0.2) is 57.6 Å². The molecule has 20 heavy (non-hydrogen) atoms. The molecule has 0 unspecified atom stereocenters. The van der Waals surface area contributed by atoms with Crippen molar-refractivity contribution in [3.05, 3.63) is 47.5 Å². The second-order valence-electron chi connectivity index (χ2n) is 3.80. The van der Waals surface area contributed by atoms with Gasteiger partial charge in [0.25, 0.3) is 10.1 Å². The molecule has 2 aromatic carbocycles. The number of aromatic hydroxyl groups is 1. The van der Waals surface area contributed by atoms with E-state index in [9.17, 15) is 13.5 Å². The lowest BCUT2D eigenvalue weighted by Gasteiger charge is -1.99. The fraction of sp³-hybridized carbons (Fsp3) is 0. The first-order chi connectivity index (χ1) is 9.36. The van der Waals surface area contributed by atoms with Crippen LogP contribution >= 0.6 is 11.6 Å². The minimum absolute atomic E-state index is 0.0762. The lowest BCUT2D eigenvalue weighted by Crippen LogP contribution is -1.96. The maximum absolute atomic E-state index is 10.9. The molecule has 2 aromatic rings. The zero-order chi connectivity index (χ0) is 14.8. The number of benzene rings is 2. The molecule has 0 amide bonds. The van der Waals surface area contributed by atoms with Crippen LogP contribution < -0.4 is 0 Å². The minimum atomic E-state index is -4.23. The normalized spacial score (nSPS) is 11.9. The molecule has 104 valence electrons. The summed E-state index contributed by atoms with van der Waals surface area (Å²) in [7, 11) is -4.23. The summed E-state index contributed by atoms with van der Waals surface area (Å²) in [6.07, 6.45) is 0. The van der Waals surface area contributed by atoms with Gasteiger partial charge in [0, 0.05) is 5.02 Å². The van der Waals surface area contributed by atoms with Gasteiger partial charge in [-0.05, 0) is 42.5 Å². The van der Waals surface area contributed by atoms with Gasteiger partial charge in [-0.15, -0.1) is 5.11 Å². The van der Waals surface area contributed by atoms with Gasteiger partial charge in [0.2, 0.25) is 0 Å². The third-order valence-electron chi connectivity index (χ3n) is 2.35. The molecular formula is C12H9ClN2O4S. The highest BCUT2D eigenvalue weighted by Gasteiger charge is 2.08. The van der Waals surface area contributed by atoms with Gasteiger partial charge in [-0.25, -0.2) is 0 Å². The largest absolute Gasteiger partial charge is 0.506 e. The van der Waals surface area contributed by atoms with Crippen LogP contribution in [-0.4, -0.2) is 18.1 Å². The highest BCUT2D eigenvalue weighted by molar-refractivity contribution is 7.85. The second kappa shape index (κ2) is 5.58. The van der Waals surface area contributed by atoms with Crippen molar-refractivity contribution in [1.29, 1.82) is 0 Å². The van der Waals surface area contributed by atoms with Crippen molar-refractivity contribution in [2.45, 2.75) is 4.90 Å². The first-order valence-electron chi connectivity index (χ1n) is 5.34. The molecule has 0 aliphatic heterocycles. The number of nitrogens with zero attached hydrogens (tertiary/aromatic N) is 2. The van der Waals surface area contributed by atoms with Gasteiger partial charge in [-0.2, -0.15) is 13.5 Å². The maximum Gasteiger partial charge on any atom is 0.294 e. The van der Waals surface area contributed by atoms with Crippen molar-refractivity contribution in [3.63, 3.8) is 0 Å². The Morgan fingerprint density at radius 3 is 2.25 bits per heavy atom. The predicted octanol–water partition coefficient (Wildman–Crippen LogP) is 3.71. The number of hydrogen-bond donors (Lipinski definition) is 2. The van der Waals surface area contributed by atoms with Crippen molar-refractivity contribution in [1.82, 2.24) is 0 Å². The number of halogens is 1. The average molecular weight is 313 g/mol. The summed E-state index contributed by atoms with van der Waals surface area (Å²) < 4.78 is 30.5. The molecule has 0 saturated heterocycles. The number of phenols is 1. The Kier molecular flexibility index (Phi) is 4.03. The molecule has 0 heterocycles. The van der Waals surface area contributed by atoms with Gasteiger partial charge in [0.15, 0.2) is 0 Å². The summed E-state index contributed by atoms with van der Waals surface area (Å²) in [6, 6.07) is 9.47. The monoisotopic (exact) mass is 312 g/mol. The van der Waals surface area contributed by atoms with E-state index in [2.05, 4.69) is 10.2 Å². The van der Waals surface area contributed by atoms with E-state index in [1.54, 1.807) is 0 Å². The third kappa shape index (κ3) is 3.53. The molecule has 0 bridgehead atoms. The number of phenolic OH excluding ortho intramolecular Hbond substituents is 1. The Hall–Kier alpha value is -1.96. The van der Waals surface area contributed by atoms with Gasteiger partial charge < -0.3 is 5.11 Å². The van der Waals surface area contributed by atoms with Crippen molar-refractivity contribution < 1.29 is 18.1 Å². The highest BCUT2D eigenvalue weighted by atomic mass is 35.5. The van der Waals surface area contributed by atoms with E-state index in [0.29, 0.717) is 10.7 Å². The number of hydrogen-bond acceptors (Lipinski definition) is 5. The molecule has 0 spiro atoms. The first-order valence-corrected chi connectivity index (χ1v) is 7.16. The van der Waals surface area contributed by atoms with E-state index in [1.165, 1.54) is 42.5 Å². The SMILES string of the molecule is O=S(=O)(O)c1ccc(N=Nc2cc(Cl)ccc2O)cc1. The predicted molar refractivity (Wildman–Crippen MR) is 73.5 cm³/mol. The zero-order valence-electron chi connectivity index (χ0n) is 9.93. The lowest BCUT2D eigenvalue weighted by atomic mass is 10.3. The van der Waals surface area contributed by atoms with E-state index < -0.39 is 10.1 Å². The molecule has 0 fully saturated rings. The Morgan fingerprint density at radius 2 is 1.65 bits per heavy atom. The summed E-state index contributed by atoms with van der Waals surface area (Å²) >= 11 is 5.76. The third-order valence-corrected chi connectivity index (χ3v) is 3.45. The maximum atomic E-state index is 10.9. The summed E-state index contributed by atoms with van der Waals surface area (Å²) in [4.78, 5) is -0.234. The van der Waals surface area contributed by atoms with E-state index in [-0.39, 0.29) is 16.3 Å². The Labute approximate surface area is 120 Å². The lowest BCUT2D eigenvalue weighted by molar-refractivity contribution is 0.476. The second-order valence-corrected chi connectivity index (χ2v) is 5.66. The Bertz CT molecular complexity index is 758. The standard InChI is InChI=1S/C12H9ClN2O4S/c13-8-1-6-12(16)11(7-8)15-14-9-2-4-10(5-3-9)20(17,18)19/h1-7,16H,(H,17,18,19). The van der Waals surface area contributed by atoms with Crippen LogP contribution in [0, 0.1) is 0 Å². The van der Waals surface area contributed by atoms with Crippen LogP contribution in [0.5, 0.6) is 5.75 Å². The molecule has 0 atom stereocenters. The molecule has 0 saturated carbocycles. The van der Waals surface area contributed by atoms with E-state index >= 15 is 0 Å². The number of azo groups is 1. The number of rotatable bonds is 3. The molecule has 8 heteroatoms. The Balaban J connectivity index is 2.26. The van der Waals surface area contributed by atoms with Gasteiger partial charge in [-0.1, -0.05) is 11.6 Å². The van der Waals surface area contributed by atoms with Crippen molar-refractivity contribution >= 4 is 33.1 Å². The quantitative estimate of drug-likeness (QED) is 0.666. The minimum Gasteiger partial charge on any atom is -0.506 e. The summed E-state index contributed by atoms with van der Waals surface area (Å²) in [6.45, 7) is 0. The zero-order valence-corrected chi connectivity index (χ0v) is 11.5.